The number of hydrogen-bond acceptors (Lipinski definition) is 3. The molecule has 4 heteroatoms. The highest BCUT2D eigenvalue weighted by Crippen LogP contribution is 2.28. The van der Waals surface area contributed by atoms with Gasteiger partial charge in [0.05, 0.1) is 11.8 Å². The molecule has 1 saturated carbocycles. The van der Waals surface area contributed by atoms with Crippen molar-refractivity contribution in [1.29, 1.82) is 5.26 Å². The highest BCUT2D eigenvalue weighted by molar-refractivity contribution is 5.89. The van der Waals surface area contributed by atoms with Crippen molar-refractivity contribution in [3.63, 3.8) is 0 Å². The van der Waals surface area contributed by atoms with Crippen LogP contribution < -0.4 is 5.32 Å². The summed E-state index contributed by atoms with van der Waals surface area (Å²) in [7, 11) is 0. The van der Waals surface area contributed by atoms with Crippen molar-refractivity contribution in [2.45, 2.75) is 91.0 Å². The lowest BCUT2D eigenvalue weighted by Gasteiger charge is -2.27. The summed E-state index contributed by atoms with van der Waals surface area (Å²) in [6, 6.07) is 8.49. The highest BCUT2D eigenvalue weighted by atomic mass is 16.1. The van der Waals surface area contributed by atoms with E-state index in [4.69, 9.17) is 10.3 Å². The van der Waals surface area contributed by atoms with Crippen molar-refractivity contribution < 1.29 is 4.79 Å². The summed E-state index contributed by atoms with van der Waals surface area (Å²) < 4.78 is 0. The normalized spacial score (nSPS) is 16.0. The van der Waals surface area contributed by atoms with Crippen LogP contribution in [0.2, 0.25) is 0 Å². The SMILES string of the molecule is C=C(C#N)CC(CC1CCCCC1)NC(=O)CC/C(C)=N/c1ccc(CC)cc1C. The molecule has 1 aliphatic carbocycles. The van der Waals surface area contributed by atoms with Gasteiger partial charge in [0.15, 0.2) is 0 Å². The van der Waals surface area contributed by atoms with Crippen LogP contribution in [0, 0.1) is 24.2 Å². The van der Waals surface area contributed by atoms with Crippen molar-refractivity contribution in [1.82, 2.24) is 5.32 Å². The fourth-order valence-electron chi connectivity index (χ4n) is 4.28. The van der Waals surface area contributed by atoms with E-state index in [2.05, 4.69) is 50.0 Å². The van der Waals surface area contributed by atoms with E-state index in [0.29, 0.717) is 30.8 Å². The molecule has 1 atom stereocenters. The monoisotopic (exact) mass is 407 g/mol. The van der Waals surface area contributed by atoms with E-state index >= 15 is 0 Å². The number of benzene rings is 1. The number of carbonyl (C=O) groups is 1. The van der Waals surface area contributed by atoms with Crippen LogP contribution >= 0.6 is 0 Å². The number of nitriles is 1. The molecule has 162 valence electrons. The number of aliphatic imine (C=N–C) groups is 1. The van der Waals surface area contributed by atoms with Gasteiger partial charge >= 0.3 is 0 Å². The predicted molar refractivity (Wildman–Crippen MR) is 125 cm³/mol. The first-order valence-electron chi connectivity index (χ1n) is 11.4. The lowest BCUT2D eigenvalue weighted by molar-refractivity contribution is -0.121. The van der Waals surface area contributed by atoms with E-state index in [1.165, 1.54) is 43.2 Å². The zero-order valence-electron chi connectivity index (χ0n) is 19.0. The van der Waals surface area contributed by atoms with Gasteiger partial charge in [0, 0.05) is 30.2 Å². The van der Waals surface area contributed by atoms with Gasteiger partial charge in [-0.15, -0.1) is 0 Å². The van der Waals surface area contributed by atoms with Gasteiger partial charge in [0.25, 0.3) is 0 Å². The topological polar surface area (TPSA) is 65.2 Å². The molecule has 0 spiro atoms. The molecule has 0 saturated heterocycles. The molecule has 1 aromatic carbocycles. The summed E-state index contributed by atoms with van der Waals surface area (Å²) >= 11 is 0. The Kier molecular flexibility index (Phi) is 9.80. The fourth-order valence-corrected chi connectivity index (χ4v) is 4.28. The summed E-state index contributed by atoms with van der Waals surface area (Å²) in [4.78, 5) is 17.3. The maximum absolute atomic E-state index is 12.6. The van der Waals surface area contributed by atoms with Crippen LogP contribution in [0.15, 0.2) is 35.3 Å². The van der Waals surface area contributed by atoms with Crippen LogP contribution in [0.4, 0.5) is 5.69 Å². The Labute approximate surface area is 182 Å². The minimum Gasteiger partial charge on any atom is -0.353 e. The van der Waals surface area contributed by atoms with E-state index in [1.807, 2.05) is 6.92 Å². The van der Waals surface area contributed by atoms with Crippen LogP contribution in [-0.4, -0.2) is 17.7 Å². The maximum atomic E-state index is 12.6. The molecule has 4 nitrogen and oxygen atoms in total. The smallest absolute Gasteiger partial charge is 0.220 e. The largest absolute Gasteiger partial charge is 0.353 e. The van der Waals surface area contributed by atoms with Gasteiger partial charge in [0.2, 0.25) is 5.91 Å². The molecule has 2 rings (SSSR count). The fraction of sp³-hybridized carbons (Fsp3) is 0.577. The zero-order chi connectivity index (χ0) is 21.9. The van der Waals surface area contributed by atoms with E-state index in [9.17, 15) is 4.79 Å². The molecule has 1 unspecified atom stereocenters. The van der Waals surface area contributed by atoms with Crippen LogP contribution in [0.1, 0.15) is 82.8 Å². The van der Waals surface area contributed by atoms with E-state index in [1.54, 1.807) is 0 Å². The van der Waals surface area contributed by atoms with Gasteiger partial charge in [-0.2, -0.15) is 5.26 Å². The molecule has 0 radical (unpaired) electrons. The highest BCUT2D eigenvalue weighted by Gasteiger charge is 2.21. The molecule has 1 aromatic rings. The Bertz CT molecular complexity index is 797. The molecular weight excluding hydrogens is 370 g/mol. The van der Waals surface area contributed by atoms with Gasteiger partial charge in [0.1, 0.15) is 0 Å². The second-order valence-electron chi connectivity index (χ2n) is 8.75. The Morgan fingerprint density at radius 2 is 2.03 bits per heavy atom. The summed E-state index contributed by atoms with van der Waals surface area (Å²) in [5, 5.41) is 12.3. The molecule has 0 aromatic heterocycles. The number of amides is 1. The van der Waals surface area contributed by atoms with Crippen molar-refractivity contribution in [2.24, 2.45) is 10.9 Å². The molecule has 30 heavy (non-hydrogen) atoms. The number of nitrogens with one attached hydrogen (secondary N) is 1. The lowest BCUT2D eigenvalue weighted by Crippen LogP contribution is -2.37. The van der Waals surface area contributed by atoms with Crippen LogP contribution in [-0.2, 0) is 11.2 Å². The average molecular weight is 408 g/mol. The minimum atomic E-state index is 0.00817. The lowest BCUT2D eigenvalue weighted by atomic mass is 9.83. The summed E-state index contributed by atoms with van der Waals surface area (Å²) in [5.41, 5.74) is 4.96. The number of hydrogen-bond donors (Lipinski definition) is 1. The third-order valence-electron chi connectivity index (χ3n) is 6.05. The number of carbonyl (C=O) groups excluding carboxylic acids is 1. The van der Waals surface area contributed by atoms with Crippen LogP contribution in [0.5, 0.6) is 0 Å². The molecule has 0 bridgehead atoms. The number of aryl methyl sites for hydroxylation is 2. The third kappa shape index (κ3) is 8.14. The summed E-state index contributed by atoms with van der Waals surface area (Å²) in [6.07, 6.45) is 9.90. The van der Waals surface area contributed by atoms with E-state index in [0.717, 1.165) is 24.2 Å². The van der Waals surface area contributed by atoms with Gasteiger partial charge in [-0.1, -0.05) is 57.7 Å². The number of rotatable bonds is 10. The van der Waals surface area contributed by atoms with Gasteiger partial charge in [-0.25, -0.2) is 0 Å². The van der Waals surface area contributed by atoms with Crippen molar-refractivity contribution in [2.75, 3.05) is 0 Å². The Balaban J connectivity index is 1.90. The Hall–Kier alpha value is -2.41. The van der Waals surface area contributed by atoms with Gasteiger partial charge < -0.3 is 5.32 Å². The molecule has 1 fully saturated rings. The first kappa shape index (κ1) is 23.9. The molecule has 1 amide bonds. The molecular formula is C26H37N3O. The maximum Gasteiger partial charge on any atom is 0.220 e. The standard InChI is InChI=1S/C26H37N3O/c1-5-22-12-13-25(20(3)16-22)28-21(4)11-14-26(30)29-24(15-19(2)18-27)17-23-9-7-6-8-10-23/h12-13,16,23-24H,2,5-11,14-15,17H2,1,3-4H3,(H,29,30)/b28-21+. The van der Waals surface area contributed by atoms with E-state index < -0.39 is 0 Å². The Morgan fingerprint density at radius 3 is 2.67 bits per heavy atom. The summed E-state index contributed by atoms with van der Waals surface area (Å²) in [6.45, 7) is 10.0. The second kappa shape index (κ2) is 12.3. The first-order chi connectivity index (χ1) is 14.4. The van der Waals surface area contributed by atoms with Gasteiger partial charge in [-0.3, -0.25) is 9.79 Å². The quantitative estimate of drug-likeness (QED) is 0.362. The van der Waals surface area contributed by atoms with Crippen molar-refractivity contribution >= 4 is 17.3 Å². The van der Waals surface area contributed by atoms with Crippen LogP contribution in [0.3, 0.4) is 0 Å². The Morgan fingerprint density at radius 1 is 1.30 bits per heavy atom. The van der Waals surface area contributed by atoms with E-state index in [-0.39, 0.29) is 11.9 Å². The third-order valence-corrected chi connectivity index (χ3v) is 6.05. The average Bonchev–Trinajstić information content (AvgIpc) is 2.74. The molecule has 0 aliphatic heterocycles. The second-order valence-corrected chi connectivity index (χ2v) is 8.75. The van der Waals surface area contributed by atoms with Crippen molar-refractivity contribution in [3.8, 4) is 6.07 Å². The van der Waals surface area contributed by atoms with Crippen molar-refractivity contribution in [3.05, 3.63) is 41.5 Å². The molecule has 1 N–H and O–H groups in total. The molecule has 1 aliphatic rings. The predicted octanol–water partition coefficient (Wildman–Crippen LogP) is 6.36. The summed E-state index contributed by atoms with van der Waals surface area (Å²) in [5.74, 6) is 0.682. The minimum absolute atomic E-state index is 0.00817. The number of nitrogens with zero attached hydrogens (tertiary/aromatic N) is 2. The van der Waals surface area contributed by atoms with Gasteiger partial charge in [-0.05, 0) is 56.2 Å². The van der Waals surface area contributed by atoms with Crippen LogP contribution in [0.25, 0.3) is 0 Å². The first-order valence-corrected chi connectivity index (χ1v) is 11.4. The zero-order valence-corrected chi connectivity index (χ0v) is 19.0. The molecule has 0 heterocycles.